The van der Waals surface area contributed by atoms with Gasteiger partial charge in [0.15, 0.2) is 24.8 Å². The van der Waals surface area contributed by atoms with Gasteiger partial charge in [0.2, 0.25) is 5.91 Å². The van der Waals surface area contributed by atoms with Gasteiger partial charge < -0.3 is 79.6 Å². The molecule has 0 aliphatic carbocycles. The number of carboxylic acids is 2. The van der Waals surface area contributed by atoms with Crippen molar-refractivity contribution in [3.8, 4) is 16.9 Å². The van der Waals surface area contributed by atoms with Crippen molar-refractivity contribution >= 4 is 36.4 Å². The lowest BCUT2D eigenvalue weighted by Gasteiger charge is -2.51. The Labute approximate surface area is 361 Å². The van der Waals surface area contributed by atoms with Gasteiger partial charge in [0, 0.05) is 17.7 Å². The van der Waals surface area contributed by atoms with Gasteiger partial charge in [-0.15, -0.1) is 0 Å². The van der Waals surface area contributed by atoms with E-state index in [2.05, 4.69) is 0 Å². The number of para-hydroxylation sites is 1. The molecule has 3 aliphatic heterocycles. The van der Waals surface area contributed by atoms with Crippen molar-refractivity contribution in [1.29, 1.82) is 0 Å². The number of phenolic OH excluding ortho intramolecular Hbond substituents is 1. The Hall–Kier alpha value is -5.23. The van der Waals surface area contributed by atoms with E-state index in [9.17, 15) is 79.1 Å². The summed E-state index contributed by atoms with van der Waals surface area (Å²) >= 11 is 0. The highest BCUT2D eigenvalue weighted by atomic mass is 31.2. The fourth-order valence-corrected chi connectivity index (χ4v) is 8.55. The zero-order valence-corrected chi connectivity index (χ0v) is 33.9. The number of halogens is 1. The van der Waals surface area contributed by atoms with Gasteiger partial charge in [-0.2, -0.15) is 0 Å². The molecule has 3 heterocycles. The molecule has 3 aliphatic rings. The molecule has 0 saturated carbocycles. The first kappa shape index (κ1) is 46.8. The Morgan fingerprint density at radius 2 is 1.23 bits per heavy atom. The van der Waals surface area contributed by atoms with Crippen molar-refractivity contribution in [2.75, 3.05) is 4.90 Å². The number of anilines is 1. The number of amides is 1. The Morgan fingerprint density at radius 3 is 1.75 bits per heavy atom. The predicted octanol–water partition coefficient (Wildman–Crippen LogP) is 0.0230. The first-order valence-corrected chi connectivity index (χ1v) is 21.2. The highest BCUT2D eigenvalue weighted by Gasteiger charge is 2.57. The van der Waals surface area contributed by atoms with Crippen LogP contribution in [0.2, 0.25) is 0 Å². The largest absolute Gasteiger partial charge is 0.508 e. The number of aliphatic hydroxyl groups is 6. The number of aliphatic carboxylic acids is 2. The van der Waals surface area contributed by atoms with Crippen LogP contribution in [0.5, 0.6) is 5.75 Å². The third-order valence-electron chi connectivity index (χ3n) is 11.4. The van der Waals surface area contributed by atoms with E-state index >= 15 is 0 Å². The molecule has 64 heavy (non-hydrogen) atoms. The van der Waals surface area contributed by atoms with E-state index in [1.54, 1.807) is 36.4 Å². The lowest BCUT2D eigenvalue weighted by Crippen LogP contribution is -2.64. The second kappa shape index (κ2) is 18.7. The molecule has 4 aromatic rings. The summed E-state index contributed by atoms with van der Waals surface area (Å²) in [5.41, 5.74) is 1.30. The van der Waals surface area contributed by atoms with Crippen LogP contribution in [0.15, 0.2) is 97.1 Å². The Morgan fingerprint density at radius 1 is 0.703 bits per heavy atom. The molecule has 22 heteroatoms. The molecule has 14 atom stereocenters. The topological polar surface area (TPSA) is 331 Å². The van der Waals surface area contributed by atoms with Crippen molar-refractivity contribution in [2.24, 2.45) is 5.92 Å². The molecule has 11 N–H and O–H groups in total. The zero-order chi connectivity index (χ0) is 46.4. The Balaban J connectivity index is 1.33. The van der Waals surface area contributed by atoms with Crippen LogP contribution in [0, 0.1) is 11.7 Å². The van der Waals surface area contributed by atoms with Crippen molar-refractivity contribution in [3.05, 3.63) is 114 Å². The number of phenols is 1. The number of rotatable bonds is 14. The minimum absolute atomic E-state index is 0.0717. The summed E-state index contributed by atoms with van der Waals surface area (Å²) < 4.78 is 49.2. The lowest BCUT2D eigenvalue weighted by molar-refractivity contribution is -0.320. The molecule has 0 radical (unpaired) electrons. The zero-order valence-electron chi connectivity index (χ0n) is 33.0. The standard InChI is InChI=1S/C42H43FNO19P/c43-21-11-6-19(7-12-21)26(60-41-34(50)30(46)32(48)36(62-41)39(53)54)17-27(61-42-35(51)31(47)33(49)37(63-42)40(55)56)28-29(44(38(28)52)22-4-2-1-3-5-22)24-15-10-20(16-25(24)45)18-8-13-23(14-9-18)64(57,58)59/h1-16,26-37,41-42,45-51H,17H2,(H,53,54)(H,55,56)(H2,57,58,59)/t26-,27+,28+,29+,30?,31?,32+,33+,34?,35?,36?,37?,41-,42-/m0/s1. The minimum Gasteiger partial charge on any atom is -0.508 e. The molecule has 3 fully saturated rings. The van der Waals surface area contributed by atoms with E-state index in [-0.39, 0.29) is 16.4 Å². The van der Waals surface area contributed by atoms with Crippen LogP contribution in [-0.2, 0) is 37.9 Å². The number of benzene rings is 4. The van der Waals surface area contributed by atoms with Crippen LogP contribution in [0.25, 0.3) is 11.1 Å². The van der Waals surface area contributed by atoms with Gasteiger partial charge in [0.05, 0.1) is 29.5 Å². The van der Waals surface area contributed by atoms with E-state index in [0.29, 0.717) is 16.8 Å². The molecule has 7 rings (SSSR count). The summed E-state index contributed by atoms with van der Waals surface area (Å²) in [7, 11) is -4.57. The van der Waals surface area contributed by atoms with Gasteiger partial charge in [-0.3, -0.25) is 9.36 Å². The second-order valence-corrected chi connectivity index (χ2v) is 17.0. The number of hydrogen-bond acceptors (Lipinski definition) is 15. The van der Waals surface area contributed by atoms with Crippen LogP contribution in [0.4, 0.5) is 10.1 Å². The molecular formula is C42H43FNO19P. The van der Waals surface area contributed by atoms with Gasteiger partial charge in [0.25, 0.3) is 0 Å². The van der Waals surface area contributed by atoms with Crippen LogP contribution >= 0.6 is 7.60 Å². The third-order valence-corrected chi connectivity index (χ3v) is 12.4. The van der Waals surface area contributed by atoms with Crippen LogP contribution in [-0.4, -0.2) is 141 Å². The molecule has 0 bridgehead atoms. The van der Waals surface area contributed by atoms with Gasteiger partial charge in [-0.25, -0.2) is 14.0 Å². The second-order valence-electron chi connectivity index (χ2n) is 15.4. The maximum Gasteiger partial charge on any atom is 0.356 e. The number of carbonyl (C=O) groups is 3. The average Bonchev–Trinajstić information content (AvgIpc) is 3.25. The molecule has 20 nitrogen and oxygen atoms in total. The predicted molar refractivity (Wildman–Crippen MR) is 214 cm³/mol. The van der Waals surface area contributed by atoms with E-state index in [1.165, 1.54) is 53.4 Å². The normalized spacial score (nSPS) is 30.6. The first-order chi connectivity index (χ1) is 30.3. The SMILES string of the molecule is O=C(O)C1O[C@H](O[C@@H](C[C@@H](O[C@H]2OC(C(=O)O)[C@H](O)C(O)C2O)[C@H]2C(=O)N(c3ccccc3)[C@@H]2c2ccc(-c3ccc(P(=O)(O)O)cc3)cc2O)c2ccc(F)cc2)C(O)C(O)[C@H]1O. The van der Waals surface area contributed by atoms with E-state index in [0.717, 1.165) is 12.1 Å². The summed E-state index contributed by atoms with van der Waals surface area (Å²) in [6.07, 6.45) is -25.1. The number of ether oxygens (including phenoxy) is 4. The molecule has 0 spiro atoms. The number of nitrogens with zero attached hydrogens (tertiary/aromatic N) is 1. The number of aromatic hydroxyl groups is 1. The van der Waals surface area contributed by atoms with Crippen LogP contribution in [0.3, 0.4) is 0 Å². The summed E-state index contributed by atoms with van der Waals surface area (Å²) in [4.78, 5) is 59.2. The van der Waals surface area contributed by atoms with Crippen molar-refractivity contribution in [1.82, 2.24) is 0 Å². The maximum atomic E-state index is 14.6. The van der Waals surface area contributed by atoms with Gasteiger partial charge >= 0.3 is 19.5 Å². The van der Waals surface area contributed by atoms with Crippen LogP contribution < -0.4 is 10.2 Å². The Bertz CT molecular complexity index is 2370. The molecule has 1 amide bonds. The lowest BCUT2D eigenvalue weighted by atomic mass is 9.75. The fourth-order valence-electron chi connectivity index (χ4n) is 8.01. The number of β-lactam (4-membered cyclic amide) rings is 1. The average molecular weight is 916 g/mol. The summed E-state index contributed by atoms with van der Waals surface area (Å²) in [5, 5.41) is 95.1. The smallest absolute Gasteiger partial charge is 0.356 e. The molecule has 4 aromatic carbocycles. The van der Waals surface area contributed by atoms with Crippen molar-refractivity contribution in [2.45, 2.75) is 86.1 Å². The number of hydrogen-bond donors (Lipinski definition) is 11. The van der Waals surface area contributed by atoms with Crippen LogP contribution in [0.1, 0.15) is 29.7 Å². The Kier molecular flexibility index (Phi) is 13.7. The van der Waals surface area contributed by atoms with Gasteiger partial charge in [-0.1, -0.05) is 54.6 Å². The minimum atomic E-state index is -4.57. The summed E-state index contributed by atoms with van der Waals surface area (Å²) in [6, 6.07) is 21.0. The van der Waals surface area contributed by atoms with E-state index < -0.39 is 129 Å². The molecular weight excluding hydrogens is 872 g/mol. The van der Waals surface area contributed by atoms with Gasteiger partial charge in [-0.05, 0) is 59.2 Å². The fraction of sp³-hybridized carbons (Fsp3) is 0.357. The van der Waals surface area contributed by atoms with Crippen molar-refractivity contribution < 1.29 is 98.0 Å². The first-order valence-electron chi connectivity index (χ1n) is 19.6. The molecule has 3 saturated heterocycles. The molecule has 0 aromatic heterocycles. The summed E-state index contributed by atoms with van der Waals surface area (Å²) in [6.45, 7) is 0. The molecule has 6 unspecified atom stereocenters. The number of carboxylic acid groups (broad SMARTS) is 2. The molecule has 342 valence electrons. The van der Waals surface area contributed by atoms with Gasteiger partial charge in [0.1, 0.15) is 48.2 Å². The quantitative estimate of drug-likeness (QED) is 0.0587. The number of carbonyl (C=O) groups excluding carboxylic acids is 1. The van der Waals surface area contributed by atoms with Crippen molar-refractivity contribution in [3.63, 3.8) is 0 Å². The monoisotopic (exact) mass is 915 g/mol. The van der Waals surface area contributed by atoms with E-state index in [1.807, 2.05) is 0 Å². The highest BCUT2D eigenvalue weighted by molar-refractivity contribution is 7.60. The maximum absolute atomic E-state index is 14.6. The highest BCUT2D eigenvalue weighted by Crippen LogP contribution is 2.51. The number of aliphatic hydroxyl groups excluding tert-OH is 6. The van der Waals surface area contributed by atoms with E-state index in [4.69, 9.17) is 18.9 Å². The summed E-state index contributed by atoms with van der Waals surface area (Å²) in [5.74, 6) is -6.78. The third kappa shape index (κ3) is 9.30.